The van der Waals surface area contributed by atoms with Crippen LogP contribution in [0.4, 0.5) is 0 Å². The van der Waals surface area contributed by atoms with Crippen LogP contribution in [-0.4, -0.2) is 60.5 Å². The van der Waals surface area contributed by atoms with E-state index in [1.807, 2.05) is 41.3 Å². The van der Waals surface area contributed by atoms with Crippen LogP contribution in [0.15, 0.2) is 36.4 Å². The Morgan fingerprint density at radius 2 is 1.92 bits per heavy atom. The minimum absolute atomic E-state index is 0.0664. The largest absolute Gasteiger partial charge is 0.383 e. The molecule has 2 aliphatic rings. The predicted molar refractivity (Wildman–Crippen MR) is 96.8 cm³/mol. The van der Waals surface area contributed by atoms with Gasteiger partial charge in [0.25, 0.3) is 0 Å². The van der Waals surface area contributed by atoms with Crippen molar-refractivity contribution >= 4 is 17.9 Å². The first-order chi connectivity index (χ1) is 12.2. The maximum atomic E-state index is 13.1. The fourth-order valence-electron chi connectivity index (χ4n) is 3.98. The van der Waals surface area contributed by atoms with Gasteiger partial charge in [0.1, 0.15) is 5.54 Å². The summed E-state index contributed by atoms with van der Waals surface area (Å²) >= 11 is 0. The van der Waals surface area contributed by atoms with Crippen molar-refractivity contribution in [3.05, 3.63) is 42.0 Å². The molecule has 1 unspecified atom stereocenters. The molecular weight excluding hydrogens is 316 g/mol. The average molecular weight is 342 g/mol. The minimum atomic E-state index is -0.649. The molecule has 0 N–H and O–H groups in total. The molecule has 134 valence electrons. The average Bonchev–Trinajstić information content (AvgIpc) is 3.06. The van der Waals surface area contributed by atoms with Crippen molar-refractivity contribution < 1.29 is 14.3 Å². The van der Waals surface area contributed by atoms with Gasteiger partial charge >= 0.3 is 0 Å². The van der Waals surface area contributed by atoms with Crippen LogP contribution in [0.2, 0.25) is 0 Å². The Labute approximate surface area is 149 Å². The number of benzene rings is 1. The molecular formula is C20H26N2O3. The Morgan fingerprint density at radius 1 is 1.20 bits per heavy atom. The SMILES string of the molecule is COCCN1CCCC2(CCCN2C(=O)/C=C/c2ccccc2)C1=O. The summed E-state index contributed by atoms with van der Waals surface area (Å²) < 4.78 is 5.12. The van der Waals surface area contributed by atoms with Crippen molar-refractivity contribution in [3.63, 3.8) is 0 Å². The lowest BCUT2D eigenvalue weighted by molar-refractivity contribution is -0.153. The van der Waals surface area contributed by atoms with Crippen molar-refractivity contribution in [3.8, 4) is 0 Å². The standard InChI is InChI=1S/C20H26N2O3/c1-25-16-15-21-13-5-11-20(19(21)24)12-6-14-22(20)18(23)10-9-17-7-3-2-4-8-17/h2-4,7-10H,5-6,11-16H2,1H3/b10-9+. The zero-order chi connectivity index (χ0) is 17.7. The maximum absolute atomic E-state index is 13.1. The van der Waals surface area contributed by atoms with E-state index in [0.29, 0.717) is 19.7 Å². The summed E-state index contributed by atoms with van der Waals surface area (Å²) in [6.07, 6.45) is 6.77. The molecule has 2 heterocycles. The first-order valence-electron chi connectivity index (χ1n) is 9.00. The number of amides is 2. The fourth-order valence-corrected chi connectivity index (χ4v) is 3.98. The molecule has 25 heavy (non-hydrogen) atoms. The quantitative estimate of drug-likeness (QED) is 0.772. The van der Waals surface area contributed by atoms with Gasteiger partial charge in [-0.05, 0) is 37.3 Å². The van der Waals surface area contributed by atoms with E-state index in [4.69, 9.17) is 4.74 Å². The van der Waals surface area contributed by atoms with Crippen molar-refractivity contribution in [2.75, 3.05) is 33.4 Å². The second-order valence-corrected chi connectivity index (χ2v) is 6.76. The smallest absolute Gasteiger partial charge is 0.248 e. The molecule has 2 amide bonds. The molecule has 2 saturated heterocycles. The normalized spacial score (nSPS) is 23.8. The van der Waals surface area contributed by atoms with Gasteiger partial charge in [-0.2, -0.15) is 0 Å². The zero-order valence-electron chi connectivity index (χ0n) is 14.8. The molecule has 0 aromatic heterocycles. The Bertz CT molecular complexity index is 644. The van der Waals surface area contributed by atoms with Gasteiger partial charge in [0.2, 0.25) is 11.8 Å². The number of methoxy groups -OCH3 is 1. The highest BCUT2D eigenvalue weighted by molar-refractivity contribution is 5.98. The summed E-state index contributed by atoms with van der Waals surface area (Å²) in [5.74, 6) is 0.0260. The van der Waals surface area contributed by atoms with Crippen LogP contribution in [0.3, 0.4) is 0 Å². The first kappa shape index (κ1) is 17.7. The van der Waals surface area contributed by atoms with Crippen molar-refractivity contribution in [2.24, 2.45) is 0 Å². The molecule has 2 fully saturated rings. The van der Waals surface area contributed by atoms with E-state index in [-0.39, 0.29) is 11.8 Å². The Morgan fingerprint density at radius 3 is 2.64 bits per heavy atom. The Kier molecular flexibility index (Phi) is 5.53. The van der Waals surface area contributed by atoms with E-state index in [0.717, 1.165) is 37.8 Å². The van der Waals surface area contributed by atoms with E-state index in [1.54, 1.807) is 18.1 Å². The lowest BCUT2D eigenvalue weighted by Gasteiger charge is -2.44. The van der Waals surface area contributed by atoms with Crippen molar-refractivity contribution in [2.45, 2.75) is 31.2 Å². The van der Waals surface area contributed by atoms with Gasteiger partial charge in [0.15, 0.2) is 0 Å². The lowest BCUT2D eigenvalue weighted by atomic mass is 9.85. The monoisotopic (exact) mass is 342 g/mol. The number of carbonyl (C=O) groups is 2. The number of hydrogen-bond acceptors (Lipinski definition) is 3. The van der Waals surface area contributed by atoms with Gasteiger partial charge < -0.3 is 14.5 Å². The fraction of sp³-hybridized carbons (Fsp3) is 0.500. The molecule has 1 atom stereocenters. The van der Waals surface area contributed by atoms with Gasteiger partial charge in [-0.15, -0.1) is 0 Å². The second-order valence-electron chi connectivity index (χ2n) is 6.76. The van der Waals surface area contributed by atoms with Crippen LogP contribution < -0.4 is 0 Å². The van der Waals surface area contributed by atoms with Gasteiger partial charge in [0, 0.05) is 32.8 Å². The molecule has 0 saturated carbocycles. The molecule has 2 aliphatic heterocycles. The Hall–Kier alpha value is -2.14. The third-order valence-corrected chi connectivity index (χ3v) is 5.24. The molecule has 5 heteroatoms. The summed E-state index contributed by atoms with van der Waals surface area (Å²) in [5.41, 5.74) is 0.338. The van der Waals surface area contributed by atoms with Crippen molar-refractivity contribution in [1.82, 2.24) is 9.80 Å². The minimum Gasteiger partial charge on any atom is -0.383 e. The number of nitrogens with zero attached hydrogens (tertiary/aromatic N) is 2. The van der Waals surface area contributed by atoms with Crippen LogP contribution in [0.1, 0.15) is 31.2 Å². The highest BCUT2D eigenvalue weighted by atomic mass is 16.5. The number of likely N-dealkylation sites (tertiary alicyclic amines) is 2. The van der Waals surface area contributed by atoms with Gasteiger partial charge in [0.05, 0.1) is 6.61 Å². The van der Waals surface area contributed by atoms with E-state index in [2.05, 4.69) is 0 Å². The number of hydrogen-bond donors (Lipinski definition) is 0. The molecule has 0 aliphatic carbocycles. The number of carbonyl (C=O) groups excluding carboxylic acids is 2. The van der Waals surface area contributed by atoms with Gasteiger partial charge in [-0.25, -0.2) is 0 Å². The molecule has 1 aromatic carbocycles. The van der Waals surface area contributed by atoms with Crippen LogP contribution in [0.25, 0.3) is 6.08 Å². The molecule has 1 aromatic rings. The van der Waals surface area contributed by atoms with Crippen LogP contribution >= 0.6 is 0 Å². The topological polar surface area (TPSA) is 49.9 Å². The second kappa shape index (κ2) is 7.83. The number of piperidine rings is 1. The van der Waals surface area contributed by atoms with E-state index < -0.39 is 5.54 Å². The van der Waals surface area contributed by atoms with Crippen molar-refractivity contribution in [1.29, 1.82) is 0 Å². The third kappa shape index (κ3) is 3.61. The van der Waals surface area contributed by atoms with Gasteiger partial charge in [-0.1, -0.05) is 30.3 Å². The zero-order valence-corrected chi connectivity index (χ0v) is 14.8. The van der Waals surface area contributed by atoms with E-state index >= 15 is 0 Å². The number of ether oxygens (including phenoxy) is 1. The summed E-state index contributed by atoms with van der Waals surface area (Å²) in [6.45, 7) is 2.54. The highest BCUT2D eigenvalue weighted by Crippen LogP contribution is 2.38. The first-order valence-corrected chi connectivity index (χ1v) is 9.00. The Balaban J connectivity index is 1.75. The molecule has 5 nitrogen and oxygen atoms in total. The molecule has 0 radical (unpaired) electrons. The summed E-state index contributed by atoms with van der Waals surface area (Å²) in [4.78, 5) is 29.6. The highest BCUT2D eigenvalue weighted by Gasteiger charge is 2.52. The van der Waals surface area contributed by atoms with E-state index in [1.165, 1.54) is 0 Å². The van der Waals surface area contributed by atoms with E-state index in [9.17, 15) is 9.59 Å². The predicted octanol–water partition coefficient (Wildman–Crippen LogP) is 2.33. The third-order valence-electron chi connectivity index (χ3n) is 5.24. The van der Waals surface area contributed by atoms with Crippen LogP contribution in [0, 0.1) is 0 Å². The summed E-state index contributed by atoms with van der Waals surface area (Å²) in [6, 6.07) is 9.76. The number of rotatable bonds is 5. The maximum Gasteiger partial charge on any atom is 0.248 e. The molecule has 0 bridgehead atoms. The lowest BCUT2D eigenvalue weighted by Crippen LogP contribution is -2.61. The molecule has 3 rings (SSSR count). The molecule has 1 spiro atoms. The van der Waals surface area contributed by atoms with Crippen LogP contribution in [0.5, 0.6) is 0 Å². The summed E-state index contributed by atoms with van der Waals surface area (Å²) in [7, 11) is 1.64. The summed E-state index contributed by atoms with van der Waals surface area (Å²) in [5, 5.41) is 0. The van der Waals surface area contributed by atoms with Gasteiger partial charge in [-0.3, -0.25) is 9.59 Å². The van der Waals surface area contributed by atoms with Crippen LogP contribution in [-0.2, 0) is 14.3 Å².